The van der Waals surface area contributed by atoms with E-state index in [-0.39, 0.29) is 6.42 Å². The summed E-state index contributed by atoms with van der Waals surface area (Å²) in [5, 5.41) is 9.23. The minimum atomic E-state index is -0.783. The van der Waals surface area contributed by atoms with Gasteiger partial charge >= 0.3 is 5.97 Å². The second-order valence-corrected chi connectivity index (χ2v) is 3.99. The Kier molecular flexibility index (Phi) is 3.88. The zero-order valence-corrected chi connectivity index (χ0v) is 8.97. The van der Waals surface area contributed by atoms with Gasteiger partial charge in [0.25, 0.3) is 0 Å². The summed E-state index contributed by atoms with van der Waals surface area (Å²) in [6, 6.07) is 0. The molecule has 0 bridgehead atoms. The molecule has 76 valence electrons. The molecule has 0 aliphatic rings. The van der Waals surface area contributed by atoms with E-state index in [0.29, 0.717) is 5.75 Å². The van der Waals surface area contributed by atoms with E-state index in [4.69, 9.17) is 5.11 Å². The topological polar surface area (TPSA) is 63.1 Å². The van der Waals surface area contributed by atoms with Crippen LogP contribution in [-0.2, 0) is 4.79 Å². The van der Waals surface area contributed by atoms with E-state index in [9.17, 15) is 4.79 Å². The number of thioether (sulfide) groups is 1. The summed E-state index contributed by atoms with van der Waals surface area (Å²) < 4.78 is 0. The zero-order valence-electron chi connectivity index (χ0n) is 8.15. The number of carboxylic acids is 1. The third-order valence-corrected chi connectivity index (χ3v) is 2.64. The maximum Gasteiger partial charge on any atom is 0.304 e. The average molecular weight is 212 g/mol. The molecular weight excluding hydrogens is 200 g/mol. The van der Waals surface area contributed by atoms with Gasteiger partial charge < -0.3 is 5.11 Å². The Morgan fingerprint density at radius 2 is 2.21 bits per heavy atom. The molecule has 0 amide bonds. The number of nitrogens with zero attached hydrogens (tertiary/aromatic N) is 2. The largest absolute Gasteiger partial charge is 0.481 e. The number of aromatic nitrogens is 2. The van der Waals surface area contributed by atoms with Gasteiger partial charge in [-0.3, -0.25) is 9.78 Å². The van der Waals surface area contributed by atoms with E-state index in [0.717, 1.165) is 16.4 Å². The molecule has 0 aliphatic heterocycles. The summed E-state index contributed by atoms with van der Waals surface area (Å²) in [4.78, 5) is 18.7. The van der Waals surface area contributed by atoms with Crippen molar-refractivity contribution in [2.75, 3.05) is 5.75 Å². The fourth-order valence-corrected chi connectivity index (χ4v) is 1.65. The molecule has 0 aliphatic carbocycles. The summed E-state index contributed by atoms with van der Waals surface area (Å²) in [5.41, 5.74) is 1.80. The van der Waals surface area contributed by atoms with Crippen LogP contribution in [0.4, 0.5) is 0 Å². The van der Waals surface area contributed by atoms with E-state index < -0.39 is 5.97 Å². The van der Waals surface area contributed by atoms with Crippen LogP contribution in [0.5, 0.6) is 0 Å². The van der Waals surface area contributed by atoms with Crippen molar-refractivity contribution < 1.29 is 9.90 Å². The first-order valence-electron chi connectivity index (χ1n) is 4.24. The molecule has 1 heterocycles. The van der Waals surface area contributed by atoms with Crippen molar-refractivity contribution in [2.24, 2.45) is 0 Å². The van der Waals surface area contributed by atoms with Crippen LogP contribution in [0.25, 0.3) is 0 Å². The van der Waals surface area contributed by atoms with Crippen molar-refractivity contribution in [1.82, 2.24) is 9.97 Å². The monoisotopic (exact) mass is 212 g/mol. The van der Waals surface area contributed by atoms with Crippen LogP contribution in [0.15, 0.2) is 11.2 Å². The van der Waals surface area contributed by atoms with Crippen LogP contribution in [0.3, 0.4) is 0 Å². The van der Waals surface area contributed by atoms with Gasteiger partial charge in [0.05, 0.1) is 24.0 Å². The highest BCUT2D eigenvalue weighted by Gasteiger charge is 2.02. The Morgan fingerprint density at radius 1 is 1.50 bits per heavy atom. The van der Waals surface area contributed by atoms with E-state index in [1.165, 1.54) is 11.8 Å². The average Bonchev–Trinajstić information content (AvgIpc) is 2.10. The first kappa shape index (κ1) is 11.0. The van der Waals surface area contributed by atoms with Gasteiger partial charge in [0.2, 0.25) is 0 Å². The van der Waals surface area contributed by atoms with E-state index in [2.05, 4.69) is 9.97 Å². The molecule has 0 spiro atoms. The van der Waals surface area contributed by atoms with E-state index in [1.807, 2.05) is 13.8 Å². The lowest BCUT2D eigenvalue weighted by Gasteiger charge is -2.01. The van der Waals surface area contributed by atoms with Crippen LogP contribution in [-0.4, -0.2) is 26.8 Å². The smallest absolute Gasteiger partial charge is 0.304 e. The molecule has 5 heteroatoms. The summed E-state index contributed by atoms with van der Waals surface area (Å²) in [5.74, 6) is -0.249. The molecule has 1 aromatic heterocycles. The quantitative estimate of drug-likeness (QED) is 0.769. The molecule has 14 heavy (non-hydrogen) atoms. The molecule has 0 fully saturated rings. The SMILES string of the molecule is Cc1ncc(SCCC(=O)O)nc1C. The van der Waals surface area contributed by atoms with Crippen molar-refractivity contribution in [2.45, 2.75) is 25.3 Å². The second kappa shape index (κ2) is 4.95. The van der Waals surface area contributed by atoms with Gasteiger partial charge in [-0.2, -0.15) is 0 Å². The minimum absolute atomic E-state index is 0.152. The Bertz CT molecular complexity index is 342. The van der Waals surface area contributed by atoms with Gasteiger partial charge in [0.1, 0.15) is 5.03 Å². The fraction of sp³-hybridized carbons (Fsp3) is 0.444. The highest BCUT2D eigenvalue weighted by atomic mass is 32.2. The third-order valence-electron chi connectivity index (χ3n) is 1.74. The summed E-state index contributed by atoms with van der Waals surface area (Å²) in [6.07, 6.45) is 1.83. The first-order chi connectivity index (χ1) is 6.59. The lowest BCUT2D eigenvalue weighted by atomic mass is 10.4. The lowest BCUT2D eigenvalue weighted by Crippen LogP contribution is -1.97. The predicted molar refractivity (Wildman–Crippen MR) is 54.5 cm³/mol. The Hall–Kier alpha value is -1.10. The minimum Gasteiger partial charge on any atom is -0.481 e. The number of aliphatic carboxylic acids is 1. The van der Waals surface area contributed by atoms with Crippen LogP contribution in [0.2, 0.25) is 0 Å². The first-order valence-corrected chi connectivity index (χ1v) is 5.23. The third kappa shape index (κ3) is 3.33. The number of hydrogen-bond donors (Lipinski definition) is 1. The number of carbonyl (C=O) groups is 1. The van der Waals surface area contributed by atoms with E-state index >= 15 is 0 Å². The molecule has 0 saturated heterocycles. The standard InChI is InChI=1S/C9H12N2O2S/c1-6-7(2)11-8(5-10-6)14-4-3-9(12)13/h5H,3-4H2,1-2H3,(H,12,13). The lowest BCUT2D eigenvalue weighted by molar-refractivity contribution is -0.136. The molecule has 1 N–H and O–H groups in total. The number of hydrogen-bond acceptors (Lipinski definition) is 4. The highest BCUT2D eigenvalue weighted by Crippen LogP contribution is 2.16. The zero-order chi connectivity index (χ0) is 10.6. The maximum atomic E-state index is 10.3. The summed E-state index contributed by atoms with van der Waals surface area (Å²) >= 11 is 1.42. The fourth-order valence-electron chi connectivity index (χ4n) is 0.833. The van der Waals surface area contributed by atoms with Gasteiger partial charge in [-0.15, -0.1) is 11.8 Å². The molecule has 0 radical (unpaired) electrons. The van der Waals surface area contributed by atoms with Gasteiger partial charge in [-0.05, 0) is 13.8 Å². The van der Waals surface area contributed by atoms with Crippen LogP contribution >= 0.6 is 11.8 Å². The molecule has 0 aromatic carbocycles. The molecule has 4 nitrogen and oxygen atoms in total. The number of aryl methyl sites for hydroxylation is 2. The molecule has 0 unspecified atom stereocenters. The van der Waals surface area contributed by atoms with Crippen molar-refractivity contribution in [3.05, 3.63) is 17.6 Å². The number of rotatable bonds is 4. The molecular formula is C9H12N2O2S. The molecule has 1 aromatic rings. The molecule has 0 atom stereocenters. The summed E-state index contributed by atoms with van der Waals surface area (Å²) in [6.45, 7) is 3.79. The van der Waals surface area contributed by atoms with Crippen LogP contribution < -0.4 is 0 Å². The maximum absolute atomic E-state index is 10.3. The van der Waals surface area contributed by atoms with Crippen LogP contribution in [0, 0.1) is 13.8 Å². The Labute approximate surface area is 86.8 Å². The predicted octanol–water partition coefficient (Wildman–Crippen LogP) is 1.66. The van der Waals surface area contributed by atoms with Gasteiger partial charge in [0.15, 0.2) is 0 Å². The number of carboxylic acid groups (broad SMARTS) is 1. The van der Waals surface area contributed by atoms with Gasteiger partial charge in [-0.25, -0.2) is 4.98 Å². The highest BCUT2D eigenvalue weighted by molar-refractivity contribution is 7.99. The second-order valence-electron chi connectivity index (χ2n) is 2.87. The van der Waals surface area contributed by atoms with Gasteiger partial charge in [-0.1, -0.05) is 0 Å². The van der Waals surface area contributed by atoms with Crippen molar-refractivity contribution in [3.63, 3.8) is 0 Å². The molecule has 1 rings (SSSR count). The van der Waals surface area contributed by atoms with Crippen molar-refractivity contribution in [1.29, 1.82) is 0 Å². The van der Waals surface area contributed by atoms with E-state index in [1.54, 1.807) is 6.20 Å². The van der Waals surface area contributed by atoms with Crippen LogP contribution in [0.1, 0.15) is 17.8 Å². The van der Waals surface area contributed by atoms with Crippen molar-refractivity contribution >= 4 is 17.7 Å². The van der Waals surface area contributed by atoms with Crippen molar-refractivity contribution in [3.8, 4) is 0 Å². The Balaban J connectivity index is 2.51. The molecule has 0 saturated carbocycles. The van der Waals surface area contributed by atoms with Gasteiger partial charge in [0, 0.05) is 5.75 Å². The normalized spacial score (nSPS) is 10.1. The Morgan fingerprint density at radius 3 is 2.79 bits per heavy atom. The summed E-state index contributed by atoms with van der Waals surface area (Å²) in [7, 11) is 0.